The maximum absolute atomic E-state index is 12.7. The fourth-order valence-electron chi connectivity index (χ4n) is 2.38. The Morgan fingerprint density at radius 3 is 2.60 bits per heavy atom. The minimum absolute atomic E-state index is 0.0788. The van der Waals surface area contributed by atoms with Gasteiger partial charge in [-0.05, 0) is 26.0 Å². The van der Waals surface area contributed by atoms with Crippen molar-refractivity contribution in [2.24, 2.45) is 0 Å². The lowest BCUT2D eigenvalue weighted by Crippen LogP contribution is -2.44. The molecule has 0 radical (unpaired) electrons. The highest BCUT2D eigenvalue weighted by Crippen LogP contribution is 2.34. The monoisotopic (exact) mass is 387 g/mol. The summed E-state index contributed by atoms with van der Waals surface area (Å²) >= 11 is 12.0. The molecule has 5 amide bonds. The number of benzene rings is 1. The van der Waals surface area contributed by atoms with E-state index in [0.29, 0.717) is 15.5 Å². The molecule has 25 heavy (non-hydrogen) atoms. The van der Waals surface area contributed by atoms with Crippen LogP contribution in [0.4, 0.5) is 9.59 Å². The summed E-state index contributed by atoms with van der Waals surface area (Å²) in [5.74, 6) is -1.53. The number of nitrogens with one attached hydrogen (secondary N) is 2. The van der Waals surface area contributed by atoms with E-state index in [9.17, 15) is 19.2 Å². The lowest BCUT2D eigenvalue weighted by Gasteiger charge is -2.23. The molecular formula is C15H15Cl2N3O5. The predicted molar refractivity (Wildman–Crippen MR) is 89.2 cm³/mol. The Hall–Kier alpha value is -2.32. The lowest BCUT2D eigenvalue weighted by atomic mass is 9.92. The van der Waals surface area contributed by atoms with Crippen LogP contribution < -0.4 is 10.6 Å². The van der Waals surface area contributed by atoms with Crippen molar-refractivity contribution in [3.05, 3.63) is 33.8 Å². The molecule has 10 heteroatoms. The van der Waals surface area contributed by atoms with Crippen LogP contribution in [0.15, 0.2) is 18.2 Å². The van der Waals surface area contributed by atoms with E-state index in [4.69, 9.17) is 23.2 Å². The minimum atomic E-state index is -1.46. The number of carbonyl (C=O) groups is 4. The Bertz CT molecular complexity index is 755. The number of hydrogen-bond acceptors (Lipinski definition) is 5. The SMILES string of the molecule is CCOC(=O)NC(=O)CN1C(=O)N[C@](C)(c2ccc(Cl)cc2Cl)C1=O. The zero-order chi connectivity index (χ0) is 18.8. The number of urea groups is 1. The smallest absolute Gasteiger partial charge is 0.413 e. The van der Waals surface area contributed by atoms with Crippen molar-refractivity contribution < 1.29 is 23.9 Å². The number of carbonyl (C=O) groups excluding carboxylic acids is 4. The minimum Gasteiger partial charge on any atom is -0.450 e. The number of rotatable bonds is 4. The normalized spacial score (nSPS) is 19.6. The van der Waals surface area contributed by atoms with Gasteiger partial charge in [0.15, 0.2) is 0 Å². The second kappa shape index (κ2) is 7.28. The first-order valence-electron chi connectivity index (χ1n) is 7.25. The van der Waals surface area contributed by atoms with Crippen molar-refractivity contribution in [3.8, 4) is 0 Å². The van der Waals surface area contributed by atoms with E-state index in [-0.39, 0.29) is 11.6 Å². The van der Waals surface area contributed by atoms with Crippen molar-refractivity contribution in [1.82, 2.24) is 15.5 Å². The van der Waals surface area contributed by atoms with Gasteiger partial charge < -0.3 is 10.1 Å². The summed E-state index contributed by atoms with van der Waals surface area (Å²) < 4.78 is 4.56. The van der Waals surface area contributed by atoms with Gasteiger partial charge in [-0.2, -0.15) is 0 Å². The number of ether oxygens (including phenoxy) is 1. The van der Waals surface area contributed by atoms with Crippen LogP contribution in [0.5, 0.6) is 0 Å². The van der Waals surface area contributed by atoms with Gasteiger partial charge in [0, 0.05) is 15.6 Å². The molecule has 0 aliphatic carbocycles. The number of imide groups is 2. The Kier molecular flexibility index (Phi) is 5.54. The van der Waals surface area contributed by atoms with Gasteiger partial charge in [-0.25, -0.2) is 9.59 Å². The Morgan fingerprint density at radius 2 is 2.00 bits per heavy atom. The second-order valence-corrected chi connectivity index (χ2v) is 6.18. The zero-order valence-corrected chi connectivity index (χ0v) is 14.9. The van der Waals surface area contributed by atoms with Crippen LogP contribution >= 0.6 is 23.2 Å². The standard InChI is InChI=1S/C15H15Cl2N3O5/c1-3-25-14(24)18-11(21)7-20-12(22)15(2,19-13(20)23)9-5-4-8(16)6-10(9)17/h4-6H,3,7H2,1-2H3,(H,19,23)(H,18,21,24)/t15-/m1/s1. The highest BCUT2D eigenvalue weighted by Gasteiger charge is 2.50. The maximum Gasteiger partial charge on any atom is 0.413 e. The van der Waals surface area contributed by atoms with Gasteiger partial charge in [0.05, 0.1) is 6.61 Å². The third kappa shape index (κ3) is 3.85. The average molecular weight is 388 g/mol. The topological polar surface area (TPSA) is 105 Å². The Morgan fingerprint density at radius 1 is 1.32 bits per heavy atom. The maximum atomic E-state index is 12.7. The van der Waals surface area contributed by atoms with E-state index in [2.05, 4.69) is 10.1 Å². The van der Waals surface area contributed by atoms with Crippen LogP contribution in [-0.4, -0.2) is 42.0 Å². The summed E-state index contributed by atoms with van der Waals surface area (Å²) in [6.45, 7) is 2.48. The van der Waals surface area contributed by atoms with Crippen LogP contribution in [0.2, 0.25) is 10.0 Å². The first-order valence-corrected chi connectivity index (χ1v) is 8.01. The summed E-state index contributed by atoms with van der Waals surface area (Å²) in [5.41, 5.74) is -1.12. The van der Waals surface area contributed by atoms with E-state index >= 15 is 0 Å². The number of nitrogens with zero attached hydrogens (tertiary/aromatic N) is 1. The number of amides is 5. The third-order valence-corrected chi connectivity index (χ3v) is 4.11. The van der Waals surface area contributed by atoms with Crippen LogP contribution in [0.25, 0.3) is 0 Å². The molecule has 1 fully saturated rings. The van der Waals surface area contributed by atoms with Gasteiger partial charge >= 0.3 is 12.1 Å². The second-order valence-electron chi connectivity index (χ2n) is 5.34. The molecule has 2 N–H and O–H groups in total. The van der Waals surface area contributed by atoms with Crippen LogP contribution in [0.3, 0.4) is 0 Å². The van der Waals surface area contributed by atoms with Crippen LogP contribution in [-0.2, 0) is 19.9 Å². The van der Waals surface area contributed by atoms with Crippen molar-refractivity contribution in [2.45, 2.75) is 19.4 Å². The van der Waals surface area contributed by atoms with Crippen LogP contribution in [0.1, 0.15) is 19.4 Å². The van der Waals surface area contributed by atoms with Gasteiger partial charge in [0.25, 0.3) is 5.91 Å². The van der Waals surface area contributed by atoms with E-state index in [0.717, 1.165) is 0 Å². The third-order valence-electron chi connectivity index (χ3n) is 3.56. The van der Waals surface area contributed by atoms with Crippen LogP contribution in [0, 0.1) is 0 Å². The van der Waals surface area contributed by atoms with Crippen molar-refractivity contribution in [1.29, 1.82) is 0 Å². The van der Waals surface area contributed by atoms with E-state index in [1.165, 1.54) is 25.1 Å². The van der Waals surface area contributed by atoms with Crippen molar-refractivity contribution >= 4 is 47.1 Å². The van der Waals surface area contributed by atoms with Crippen molar-refractivity contribution in [2.75, 3.05) is 13.2 Å². The van der Waals surface area contributed by atoms with Gasteiger partial charge in [-0.15, -0.1) is 0 Å². The van der Waals surface area contributed by atoms with Gasteiger partial charge in [0.1, 0.15) is 12.1 Å². The highest BCUT2D eigenvalue weighted by atomic mass is 35.5. The molecule has 8 nitrogen and oxygen atoms in total. The predicted octanol–water partition coefficient (Wildman–Crippen LogP) is 2.03. The molecule has 0 spiro atoms. The summed E-state index contributed by atoms with van der Waals surface area (Å²) in [6, 6.07) is 3.71. The lowest BCUT2D eigenvalue weighted by molar-refractivity contribution is -0.134. The Labute approximate surface area is 153 Å². The summed E-state index contributed by atoms with van der Waals surface area (Å²) in [4.78, 5) is 48.5. The fraction of sp³-hybridized carbons (Fsp3) is 0.333. The number of halogens is 2. The first kappa shape index (κ1) is 19.0. The van der Waals surface area contributed by atoms with E-state index in [1.54, 1.807) is 6.92 Å². The number of hydrogen-bond donors (Lipinski definition) is 2. The number of alkyl carbamates (subject to hydrolysis) is 1. The van der Waals surface area contributed by atoms with Gasteiger partial charge in [-0.1, -0.05) is 29.3 Å². The van der Waals surface area contributed by atoms with E-state index < -0.39 is 36.0 Å². The summed E-state index contributed by atoms with van der Waals surface area (Å²) in [7, 11) is 0. The molecular weight excluding hydrogens is 373 g/mol. The zero-order valence-electron chi connectivity index (χ0n) is 13.4. The fourth-order valence-corrected chi connectivity index (χ4v) is 2.98. The molecule has 0 saturated carbocycles. The Balaban J connectivity index is 2.19. The quantitative estimate of drug-likeness (QED) is 0.768. The molecule has 1 aliphatic rings. The largest absolute Gasteiger partial charge is 0.450 e. The summed E-state index contributed by atoms with van der Waals surface area (Å²) in [5, 5.41) is 4.99. The molecule has 1 aromatic rings. The molecule has 1 aromatic carbocycles. The highest BCUT2D eigenvalue weighted by molar-refractivity contribution is 6.35. The first-order chi connectivity index (χ1) is 11.7. The molecule has 134 valence electrons. The molecule has 0 bridgehead atoms. The molecule has 0 aromatic heterocycles. The molecule has 1 saturated heterocycles. The molecule has 1 aliphatic heterocycles. The van der Waals surface area contributed by atoms with Gasteiger partial charge in [-0.3, -0.25) is 19.8 Å². The molecule has 0 unspecified atom stereocenters. The molecule has 2 rings (SSSR count). The van der Waals surface area contributed by atoms with Gasteiger partial charge in [0.2, 0.25) is 5.91 Å². The molecule has 1 heterocycles. The van der Waals surface area contributed by atoms with E-state index in [1.807, 2.05) is 5.32 Å². The average Bonchev–Trinajstić information content (AvgIpc) is 2.71. The summed E-state index contributed by atoms with van der Waals surface area (Å²) in [6.07, 6.45) is -0.955. The molecule has 1 atom stereocenters. The van der Waals surface area contributed by atoms with Crippen molar-refractivity contribution in [3.63, 3.8) is 0 Å².